The number of aliphatic imine (C=N–C) groups is 1. The van der Waals surface area contributed by atoms with Gasteiger partial charge in [0.2, 0.25) is 0 Å². The summed E-state index contributed by atoms with van der Waals surface area (Å²) in [7, 11) is 1.35. The van der Waals surface area contributed by atoms with E-state index in [0.717, 1.165) is 36.9 Å². The summed E-state index contributed by atoms with van der Waals surface area (Å²) < 4.78 is 4.60. The van der Waals surface area contributed by atoms with E-state index in [1.54, 1.807) is 0 Å². The van der Waals surface area contributed by atoms with Crippen LogP contribution in [0.3, 0.4) is 0 Å². The zero-order valence-electron chi connectivity index (χ0n) is 16.1. The maximum atomic E-state index is 11.2. The first kappa shape index (κ1) is 20.4. The molecular weight excluding hydrogens is 348 g/mol. The second-order valence-corrected chi connectivity index (χ2v) is 7.93. The zero-order valence-corrected chi connectivity index (χ0v) is 16.9. The van der Waals surface area contributed by atoms with Crippen molar-refractivity contribution in [2.75, 3.05) is 37.8 Å². The molecule has 1 saturated heterocycles. The van der Waals surface area contributed by atoms with Crippen LogP contribution in [0.4, 0.5) is 10.5 Å². The molecule has 144 valence electrons. The number of anilines is 1. The largest absolute Gasteiger partial charge is 0.453 e. The zero-order chi connectivity index (χ0) is 18.9. The Kier molecular flexibility index (Phi) is 8.09. The van der Waals surface area contributed by atoms with Crippen LogP contribution in [0.15, 0.2) is 29.3 Å². The minimum absolute atomic E-state index is 0.465. The molecule has 1 heterocycles. The van der Waals surface area contributed by atoms with Gasteiger partial charge < -0.3 is 15.0 Å². The maximum Gasteiger partial charge on any atom is 0.411 e. The summed E-state index contributed by atoms with van der Waals surface area (Å²) in [6.07, 6.45) is -0.465. The van der Waals surface area contributed by atoms with Gasteiger partial charge in [0.1, 0.15) is 0 Å². The number of benzene rings is 1. The van der Waals surface area contributed by atoms with E-state index in [1.165, 1.54) is 7.11 Å². The van der Waals surface area contributed by atoms with Crippen molar-refractivity contribution in [2.45, 2.75) is 32.6 Å². The molecule has 0 radical (unpaired) electrons. The Balaban J connectivity index is 2.01. The molecule has 1 aliphatic heterocycles. The van der Waals surface area contributed by atoms with Gasteiger partial charge in [-0.3, -0.25) is 5.32 Å². The molecule has 0 spiro atoms. The molecule has 1 unspecified atom stereocenters. The number of nitrogens with zero attached hydrogens (tertiary/aromatic N) is 2. The summed E-state index contributed by atoms with van der Waals surface area (Å²) in [5.41, 5.74) is 1.81. The molecule has 1 aliphatic rings. The third-order valence-electron chi connectivity index (χ3n) is 4.27. The minimum Gasteiger partial charge on any atom is -0.453 e. The summed E-state index contributed by atoms with van der Waals surface area (Å²) in [5, 5.41) is 6.72. The second-order valence-electron chi connectivity index (χ2n) is 6.58. The molecule has 0 aromatic heterocycles. The predicted octanol–water partition coefficient (Wildman–Crippen LogP) is 3.40. The third kappa shape index (κ3) is 6.12. The lowest BCUT2D eigenvalue weighted by atomic mass is 10.1. The van der Waals surface area contributed by atoms with Crippen LogP contribution >= 0.6 is 11.8 Å². The van der Waals surface area contributed by atoms with E-state index < -0.39 is 6.09 Å². The SMILES string of the molecule is CCNC(=NCc1ccc(NC(=O)OC)cc1)N1CCSC(C(C)C)C1. The quantitative estimate of drug-likeness (QED) is 0.607. The highest BCUT2D eigenvalue weighted by Gasteiger charge is 2.24. The molecule has 7 heteroatoms. The van der Waals surface area contributed by atoms with Crippen molar-refractivity contribution in [1.29, 1.82) is 0 Å². The van der Waals surface area contributed by atoms with Crippen LogP contribution in [-0.4, -0.2) is 54.7 Å². The van der Waals surface area contributed by atoms with Crippen molar-refractivity contribution in [1.82, 2.24) is 10.2 Å². The first-order chi connectivity index (χ1) is 12.5. The molecule has 2 rings (SSSR count). The van der Waals surface area contributed by atoms with Gasteiger partial charge in [0.25, 0.3) is 0 Å². The van der Waals surface area contributed by atoms with Gasteiger partial charge in [-0.2, -0.15) is 11.8 Å². The lowest BCUT2D eigenvalue weighted by molar-refractivity contribution is 0.187. The highest BCUT2D eigenvalue weighted by molar-refractivity contribution is 8.00. The number of ether oxygens (including phenoxy) is 1. The van der Waals surface area contributed by atoms with Crippen LogP contribution in [0.1, 0.15) is 26.3 Å². The number of carbonyl (C=O) groups excluding carboxylic acids is 1. The van der Waals surface area contributed by atoms with Crippen LogP contribution in [0.25, 0.3) is 0 Å². The number of guanidine groups is 1. The van der Waals surface area contributed by atoms with E-state index in [4.69, 9.17) is 4.99 Å². The molecule has 6 nitrogen and oxygen atoms in total. The van der Waals surface area contributed by atoms with Crippen LogP contribution in [0.5, 0.6) is 0 Å². The van der Waals surface area contributed by atoms with Crippen molar-refractivity contribution in [3.8, 4) is 0 Å². The predicted molar refractivity (Wildman–Crippen MR) is 110 cm³/mol. The number of thioether (sulfide) groups is 1. The van der Waals surface area contributed by atoms with E-state index in [1.807, 2.05) is 24.3 Å². The van der Waals surface area contributed by atoms with E-state index in [9.17, 15) is 4.79 Å². The molecule has 26 heavy (non-hydrogen) atoms. The Morgan fingerprint density at radius 2 is 2.12 bits per heavy atom. The van der Waals surface area contributed by atoms with Gasteiger partial charge in [-0.05, 0) is 30.5 Å². The van der Waals surface area contributed by atoms with Crippen molar-refractivity contribution < 1.29 is 9.53 Å². The molecule has 1 fully saturated rings. The molecule has 1 aromatic rings. The van der Waals surface area contributed by atoms with Crippen LogP contribution in [0.2, 0.25) is 0 Å². The molecular formula is C19H30N4O2S. The Bertz CT molecular complexity index is 604. The number of rotatable bonds is 5. The molecule has 2 N–H and O–H groups in total. The summed E-state index contributed by atoms with van der Waals surface area (Å²) in [6.45, 7) is 10.2. The lowest BCUT2D eigenvalue weighted by Gasteiger charge is -2.36. The summed E-state index contributed by atoms with van der Waals surface area (Å²) in [4.78, 5) is 18.4. The van der Waals surface area contributed by atoms with Gasteiger partial charge in [-0.15, -0.1) is 0 Å². The van der Waals surface area contributed by atoms with Crippen molar-refractivity contribution in [3.05, 3.63) is 29.8 Å². The number of hydrogen-bond donors (Lipinski definition) is 2. The summed E-state index contributed by atoms with van der Waals surface area (Å²) in [5.74, 6) is 2.79. The monoisotopic (exact) mass is 378 g/mol. The fourth-order valence-corrected chi connectivity index (χ4v) is 4.02. The molecule has 0 saturated carbocycles. The van der Waals surface area contributed by atoms with Gasteiger partial charge in [0, 0.05) is 36.3 Å². The minimum atomic E-state index is -0.465. The molecule has 0 bridgehead atoms. The Morgan fingerprint density at radius 3 is 2.73 bits per heavy atom. The second kappa shape index (κ2) is 10.3. The molecule has 0 aliphatic carbocycles. The van der Waals surface area contributed by atoms with E-state index in [0.29, 0.717) is 23.4 Å². The fourth-order valence-electron chi connectivity index (χ4n) is 2.73. The number of amides is 1. The standard InChI is InChI=1S/C19H30N4O2S/c1-5-20-18(23-10-11-26-17(13-23)14(2)3)21-12-15-6-8-16(9-7-15)22-19(24)25-4/h6-9,14,17H,5,10-13H2,1-4H3,(H,20,21)(H,22,24). The van der Waals surface area contributed by atoms with E-state index in [-0.39, 0.29) is 0 Å². The van der Waals surface area contributed by atoms with Crippen LogP contribution in [0, 0.1) is 5.92 Å². The smallest absolute Gasteiger partial charge is 0.411 e. The van der Waals surface area contributed by atoms with Crippen molar-refractivity contribution in [2.24, 2.45) is 10.9 Å². The topological polar surface area (TPSA) is 66.0 Å². The third-order valence-corrected chi connectivity index (χ3v) is 5.81. The van der Waals surface area contributed by atoms with Gasteiger partial charge >= 0.3 is 6.09 Å². The Hall–Kier alpha value is -1.89. The van der Waals surface area contributed by atoms with Gasteiger partial charge in [0.15, 0.2) is 5.96 Å². The molecule has 1 amide bonds. The first-order valence-electron chi connectivity index (χ1n) is 9.12. The highest BCUT2D eigenvalue weighted by atomic mass is 32.2. The van der Waals surface area contributed by atoms with Crippen molar-refractivity contribution in [3.63, 3.8) is 0 Å². The number of methoxy groups -OCH3 is 1. The highest BCUT2D eigenvalue weighted by Crippen LogP contribution is 2.25. The maximum absolute atomic E-state index is 11.2. The summed E-state index contributed by atoms with van der Waals surface area (Å²) in [6, 6.07) is 7.67. The number of nitrogens with one attached hydrogen (secondary N) is 2. The van der Waals surface area contributed by atoms with E-state index >= 15 is 0 Å². The van der Waals surface area contributed by atoms with Crippen LogP contribution < -0.4 is 10.6 Å². The van der Waals surface area contributed by atoms with Crippen molar-refractivity contribution >= 4 is 29.5 Å². The summed E-state index contributed by atoms with van der Waals surface area (Å²) >= 11 is 2.06. The van der Waals surface area contributed by atoms with E-state index in [2.05, 4.69) is 52.8 Å². The normalized spacial score (nSPS) is 18.0. The fraction of sp³-hybridized carbons (Fsp3) is 0.579. The lowest BCUT2D eigenvalue weighted by Crippen LogP contribution is -2.49. The Labute approximate surface area is 160 Å². The molecule has 1 aromatic carbocycles. The number of hydrogen-bond acceptors (Lipinski definition) is 4. The van der Waals surface area contributed by atoms with Gasteiger partial charge in [0.05, 0.1) is 13.7 Å². The molecule has 1 atom stereocenters. The van der Waals surface area contributed by atoms with Gasteiger partial charge in [-0.25, -0.2) is 9.79 Å². The Morgan fingerprint density at radius 1 is 1.38 bits per heavy atom. The van der Waals surface area contributed by atoms with Crippen LogP contribution in [-0.2, 0) is 11.3 Å². The first-order valence-corrected chi connectivity index (χ1v) is 10.2. The number of carbonyl (C=O) groups is 1. The average Bonchev–Trinajstić information content (AvgIpc) is 2.66. The average molecular weight is 379 g/mol. The van der Waals surface area contributed by atoms with Gasteiger partial charge in [-0.1, -0.05) is 26.0 Å².